The van der Waals surface area contributed by atoms with Gasteiger partial charge in [-0.1, -0.05) is 23.4 Å². The van der Waals surface area contributed by atoms with Gasteiger partial charge in [-0.3, -0.25) is 4.79 Å². The molecule has 2 aromatic carbocycles. The van der Waals surface area contributed by atoms with Crippen LogP contribution in [0.4, 0.5) is 4.39 Å². The standard InChI is InChI=1S/C26H24FN3O3S/c1-17-16-28-25(34-17)22-10-5-18(15-23(22)32-2)14-19-4-3-12-30-24(19)29-33-26(30,11-13-31)20-6-8-21(27)9-7-20/h5-10,13-16H,3-4,11-12H2,1-2H3/p+1/b19-14+. The summed E-state index contributed by atoms with van der Waals surface area (Å²) in [5.74, 6) is 1.17. The predicted octanol–water partition coefficient (Wildman–Crippen LogP) is 5.51. The maximum absolute atomic E-state index is 13.6. The van der Waals surface area contributed by atoms with Crippen LogP contribution in [0.2, 0.25) is 0 Å². The van der Waals surface area contributed by atoms with Crippen LogP contribution < -0.4 is 4.74 Å². The molecule has 2 aliphatic rings. The molecule has 2 aliphatic heterocycles. The van der Waals surface area contributed by atoms with Crippen molar-refractivity contribution < 1.29 is 18.8 Å². The van der Waals surface area contributed by atoms with Crippen molar-refractivity contribution in [1.82, 2.24) is 9.88 Å². The molecule has 0 radical (unpaired) electrons. The number of amidine groups is 1. The summed E-state index contributed by atoms with van der Waals surface area (Å²) < 4.78 is 19.2. The van der Waals surface area contributed by atoms with Crippen molar-refractivity contribution in [2.24, 2.45) is 5.16 Å². The van der Waals surface area contributed by atoms with E-state index >= 15 is 0 Å². The van der Waals surface area contributed by atoms with Crippen LogP contribution in [0.15, 0.2) is 59.4 Å². The molecule has 3 aromatic rings. The summed E-state index contributed by atoms with van der Waals surface area (Å²) in [7, 11) is 1.66. The van der Waals surface area contributed by atoms with Gasteiger partial charge in [0.1, 0.15) is 23.0 Å². The van der Waals surface area contributed by atoms with Gasteiger partial charge in [0.25, 0.3) is 6.29 Å². The summed E-state index contributed by atoms with van der Waals surface area (Å²) in [4.78, 5) is 23.4. The summed E-state index contributed by atoms with van der Waals surface area (Å²) in [6.07, 6.45) is 6.98. The number of aryl methyl sites for hydroxylation is 1. The quantitative estimate of drug-likeness (QED) is 0.346. The first kappa shape index (κ1) is 22.3. The van der Waals surface area contributed by atoms with Gasteiger partial charge >= 0.3 is 0 Å². The Morgan fingerprint density at radius 1 is 1.26 bits per heavy atom. The lowest BCUT2D eigenvalue weighted by molar-refractivity contribution is -0.101. The molecular weight excluding hydrogens is 453 g/mol. The van der Waals surface area contributed by atoms with E-state index in [2.05, 4.69) is 21.1 Å². The number of halogens is 1. The van der Waals surface area contributed by atoms with Gasteiger partial charge < -0.3 is 14.5 Å². The van der Waals surface area contributed by atoms with Gasteiger partial charge in [-0.05, 0) is 61.2 Å². The third-order valence-electron chi connectivity index (χ3n) is 6.17. The van der Waals surface area contributed by atoms with Gasteiger partial charge in [0, 0.05) is 23.2 Å². The maximum Gasteiger partial charge on any atom is 0.288 e. The summed E-state index contributed by atoms with van der Waals surface area (Å²) in [6.45, 7) is 2.75. The molecule has 174 valence electrons. The number of nitrogens with zero attached hydrogens (tertiary/aromatic N) is 3. The Hall–Kier alpha value is -3.52. The largest absolute Gasteiger partial charge is 0.496 e. The lowest BCUT2D eigenvalue weighted by Gasteiger charge is -2.38. The molecule has 1 saturated heterocycles. The fourth-order valence-corrected chi connectivity index (χ4v) is 5.34. The molecule has 1 unspecified atom stereocenters. The highest BCUT2D eigenvalue weighted by Gasteiger charge is 2.50. The number of oxime groups is 1. The Bertz CT molecular complexity index is 1280. The second kappa shape index (κ2) is 9.02. The third-order valence-corrected chi connectivity index (χ3v) is 7.12. The van der Waals surface area contributed by atoms with Gasteiger partial charge in [0.2, 0.25) is 5.72 Å². The third kappa shape index (κ3) is 3.88. The molecule has 34 heavy (non-hydrogen) atoms. The van der Waals surface area contributed by atoms with Crippen molar-refractivity contribution in [3.63, 3.8) is 0 Å². The smallest absolute Gasteiger partial charge is 0.288 e. The van der Waals surface area contributed by atoms with E-state index in [4.69, 9.17) is 9.57 Å². The van der Waals surface area contributed by atoms with Crippen LogP contribution in [0.5, 0.6) is 5.75 Å². The van der Waals surface area contributed by atoms with E-state index in [1.54, 1.807) is 30.6 Å². The van der Waals surface area contributed by atoms with E-state index in [1.165, 1.54) is 12.1 Å². The van der Waals surface area contributed by atoms with Crippen molar-refractivity contribution >= 4 is 29.5 Å². The average Bonchev–Trinajstić information content (AvgIpc) is 3.45. The van der Waals surface area contributed by atoms with Crippen molar-refractivity contribution in [2.75, 3.05) is 13.7 Å². The van der Waals surface area contributed by atoms with E-state index in [0.29, 0.717) is 6.54 Å². The number of methoxy groups -OCH3 is 1. The van der Waals surface area contributed by atoms with E-state index in [0.717, 1.165) is 62.9 Å². The average molecular weight is 479 g/mol. The number of hydrogen-bond donors (Lipinski definition) is 0. The number of aldehydes is 1. The topological polar surface area (TPSA) is 68.3 Å². The molecule has 0 spiro atoms. The van der Waals surface area contributed by atoms with Crippen LogP contribution in [0.3, 0.4) is 0 Å². The lowest BCUT2D eigenvalue weighted by atomic mass is 9.92. The predicted molar refractivity (Wildman–Crippen MR) is 132 cm³/mol. The first-order chi connectivity index (χ1) is 16.5. The van der Waals surface area contributed by atoms with Gasteiger partial charge in [0.05, 0.1) is 12.7 Å². The Kier molecular flexibility index (Phi) is 5.91. The molecule has 0 amide bonds. The number of thiazole rings is 1. The zero-order valence-corrected chi connectivity index (χ0v) is 19.8. The first-order valence-electron chi connectivity index (χ1n) is 11.1. The molecule has 0 saturated carbocycles. The monoisotopic (exact) mass is 478 g/mol. The highest BCUT2D eigenvalue weighted by Crippen LogP contribution is 2.42. The van der Waals surface area contributed by atoms with Crippen LogP contribution >= 0.6 is 11.3 Å². The molecule has 3 heterocycles. The molecule has 6 nitrogen and oxygen atoms in total. The Morgan fingerprint density at radius 2 is 2.09 bits per heavy atom. The summed E-state index contributed by atoms with van der Waals surface area (Å²) in [5.41, 5.74) is 2.73. The fraction of sp³-hybridized carbons (Fsp3) is 0.269. The minimum atomic E-state index is -0.998. The molecule has 0 aliphatic carbocycles. The molecule has 1 fully saturated rings. The molecular formula is C26H25FN3O3S+. The number of rotatable bonds is 6. The van der Waals surface area contributed by atoms with Gasteiger partial charge in [-0.15, -0.1) is 11.3 Å². The normalized spacial score (nSPS) is 20.6. The van der Waals surface area contributed by atoms with Crippen LogP contribution in [0.25, 0.3) is 16.6 Å². The van der Waals surface area contributed by atoms with Crippen molar-refractivity contribution in [3.05, 3.63) is 76.1 Å². The van der Waals surface area contributed by atoms with Crippen molar-refractivity contribution in [2.45, 2.75) is 31.9 Å². The summed E-state index contributed by atoms with van der Waals surface area (Å²) in [6, 6.07) is 12.2. The molecule has 8 heteroatoms. The Balaban J connectivity index is 1.48. The number of ether oxygens (including phenoxy) is 1. The molecule has 1 aromatic heterocycles. The number of aromatic nitrogens is 1. The highest BCUT2D eigenvalue weighted by atomic mass is 32.1. The number of benzene rings is 2. The van der Waals surface area contributed by atoms with E-state index in [9.17, 15) is 9.18 Å². The minimum Gasteiger partial charge on any atom is -0.496 e. The van der Waals surface area contributed by atoms with Gasteiger partial charge in [0.15, 0.2) is 5.84 Å². The highest BCUT2D eigenvalue weighted by molar-refractivity contribution is 7.15. The first-order valence-corrected chi connectivity index (χ1v) is 11.9. The zero-order chi connectivity index (χ0) is 23.7. The molecule has 1 N–H and O–H groups in total. The fourth-order valence-electron chi connectivity index (χ4n) is 4.55. The van der Waals surface area contributed by atoms with Crippen LogP contribution in [0.1, 0.15) is 35.3 Å². The van der Waals surface area contributed by atoms with Gasteiger partial charge in [-0.25, -0.2) is 9.37 Å². The number of hydrogen-bond acceptors (Lipinski definition) is 6. The van der Waals surface area contributed by atoms with Crippen molar-refractivity contribution in [3.8, 4) is 16.3 Å². The van der Waals surface area contributed by atoms with E-state index < -0.39 is 5.72 Å². The van der Waals surface area contributed by atoms with E-state index in [-0.39, 0.29) is 12.2 Å². The summed E-state index contributed by atoms with van der Waals surface area (Å²) >= 11 is 1.63. The molecule has 5 rings (SSSR count). The SMILES string of the molecule is COc1cc(/C=C2\CCCN3C2=NOC3(CC=[OH+])c2ccc(F)cc2)ccc1-c1ncc(C)s1. The maximum atomic E-state index is 13.6. The lowest BCUT2D eigenvalue weighted by Crippen LogP contribution is -2.49. The zero-order valence-electron chi connectivity index (χ0n) is 19.0. The van der Waals surface area contributed by atoms with Crippen molar-refractivity contribution in [1.29, 1.82) is 0 Å². The molecule has 0 bridgehead atoms. The number of piperidine rings is 1. The summed E-state index contributed by atoms with van der Waals surface area (Å²) in [5, 5.41) is 5.35. The Labute approximate surface area is 201 Å². The minimum absolute atomic E-state index is 0.203. The van der Waals surface area contributed by atoms with Gasteiger partial charge in [-0.2, -0.15) is 0 Å². The van der Waals surface area contributed by atoms with Crippen LogP contribution in [-0.2, 0) is 10.6 Å². The Morgan fingerprint density at radius 3 is 2.79 bits per heavy atom. The van der Waals surface area contributed by atoms with Crippen LogP contribution in [-0.4, -0.2) is 40.5 Å². The molecule has 1 atom stereocenters. The van der Waals surface area contributed by atoms with Crippen LogP contribution in [0, 0.1) is 12.7 Å². The second-order valence-corrected chi connectivity index (χ2v) is 9.58. The second-order valence-electron chi connectivity index (χ2n) is 8.34. The number of fused-ring (bicyclic) bond motifs is 1. The van der Waals surface area contributed by atoms with E-state index in [1.807, 2.05) is 31.3 Å². The number of carbonyl (C=O) groups excluding carboxylic acids is 1.